The second-order valence-corrected chi connectivity index (χ2v) is 3.77. The van der Waals surface area contributed by atoms with E-state index in [0.29, 0.717) is 6.54 Å². The van der Waals surface area contributed by atoms with Crippen molar-refractivity contribution in [3.05, 3.63) is 29.6 Å². The van der Waals surface area contributed by atoms with Gasteiger partial charge in [-0.25, -0.2) is 4.39 Å². The number of halogens is 1. The van der Waals surface area contributed by atoms with Crippen molar-refractivity contribution in [3.63, 3.8) is 0 Å². The molecule has 0 heterocycles. The molecule has 0 radical (unpaired) electrons. The molecule has 98 valence electrons. The van der Waals surface area contributed by atoms with E-state index in [-0.39, 0.29) is 23.7 Å². The van der Waals surface area contributed by atoms with Gasteiger partial charge in [0.15, 0.2) is 0 Å². The molecule has 0 unspecified atom stereocenters. The summed E-state index contributed by atoms with van der Waals surface area (Å²) in [5, 5.41) is 5.05. The molecule has 1 aromatic carbocycles. The van der Waals surface area contributed by atoms with E-state index in [2.05, 4.69) is 10.6 Å². The van der Waals surface area contributed by atoms with Gasteiger partial charge in [0.2, 0.25) is 5.91 Å². The van der Waals surface area contributed by atoms with Crippen LogP contribution in [0.4, 0.5) is 10.1 Å². The van der Waals surface area contributed by atoms with Crippen molar-refractivity contribution in [2.45, 2.75) is 13.3 Å². The molecule has 6 heteroatoms. The summed E-state index contributed by atoms with van der Waals surface area (Å²) in [4.78, 5) is 22.9. The van der Waals surface area contributed by atoms with E-state index < -0.39 is 11.7 Å². The maximum absolute atomic E-state index is 12.9. The Bertz CT molecular complexity index is 449. The van der Waals surface area contributed by atoms with Gasteiger partial charge < -0.3 is 16.4 Å². The van der Waals surface area contributed by atoms with Crippen LogP contribution in [0.25, 0.3) is 0 Å². The van der Waals surface area contributed by atoms with Crippen LogP contribution in [-0.2, 0) is 4.79 Å². The van der Waals surface area contributed by atoms with Gasteiger partial charge >= 0.3 is 0 Å². The molecule has 18 heavy (non-hydrogen) atoms. The molecule has 0 aliphatic heterocycles. The van der Waals surface area contributed by atoms with E-state index in [1.165, 1.54) is 12.1 Å². The summed E-state index contributed by atoms with van der Waals surface area (Å²) >= 11 is 0. The SMILES string of the molecule is CCCNC(=O)CNC(=O)c1ccc(F)c(N)c1. The number of benzene rings is 1. The van der Waals surface area contributed by atoms with Crippen LogP contribution in [-0.4, -0.2) is 24.9 Å². The van der Waals surface area contributed by atoms with Crippen molar-refractivity contribution in [1.82, 2.24) is 10.6 Å². The fourth-order valence-corrected chi connectivity index (χ4v) is 1.27. The molecular weight excluding hydrogens is 237 g/mol. The molecule has 0 fully saturated rings. The summed E-state index contributed by atoms with van der Waals surface area (Å²) in [5.74, 6) is -1.30. The van der Waals surface area contributed by atoms with Crippen molar-refractivity contribution in [3.8, 4) is 0 Å². The molecule has 4 N–H and O–H groups in total. The minimum Gasteiger partial charge on any atom is -0.396 e. The third-order valence-electron chi connectivity index (χ3n) is 2.24. The topological polar surface area (TPSA) is 84.2 Å². The number of hydrogen-bond donors (Lipinski definition) is 3. The van der Waals surface area contributed by atoms with Gasteiger partial charge in [0, 0.05) is 12.1 Å². The summed E-state index contributed by atoms with van der Waals surface area (Å²) in [6, 6.07) is 3.65. The molecule has 0 saturated heterocycles. The third kappa shape index (κ3) is 4.04. The van der Waals surface area contributed by atoms with Crippen molar-refractivity contribution in [1.29, 1.82) is 0 Å². The first-order valence-electron chi connectivity index (χ1n) is 5.64. The van der Waals surface area contributed by atoms with Crippen molar-refractivity contribution < 1.29 is 14.0 Å². The second-order valence-electron chi connectivity index (χ2n) is 3.77. The Kier molecular flexibility index (Phi) is 5.10. The van der Waals surface area contributed by atoms with E-state index in [9.17, 15) is 14.0 Å². The molecule has 1 aromatic rings. The molecule has 0 bridgehead atoms. The van der Waals surface area contributed by atoms with Crippen LogP contribution in [0.5, 0.6) is 0 Å². The number of nitrogens with one attached hydrogen (secondary N) is 2. The average Bonchev–Trinajstić information content (AvgIpc) is 2.36. The number of anilines is 1. The zero-order valence-corrected chi connectivity index (χ0v) is 10.1. The van der Waals surface area contributed by atoms with E-state index in [1.54, 1.807) is 0 Å². The highest BCUT2D eigenvalue weighted by Gasteiger charge is 2.09. The van der Waals surface area contributed by atoms with Crippen LogP contribution in [0.1, 0.15) is 23.7 Å². The zero-order valence-electron chi connectivity index (χ0n) is 10.1. The van der Waals surface area contributed by atoms with Gasteiger partial charge in [-0.15, -0.1) is 0 Å². The first-order valence-corrected chi connectivity index (χ1v) is 5.64. The van der Waals surface area contributed by atoms with Crippen molar-refractivity contribution in [2.75, 3.05) is 18.8 Å². The van der Waals surface area contributed by atoms with Crippen LogP contribution in [0.3, 0.4) is 0 Å². The number of amides is 2. The normalized spacial score (nSPS) is 9.89. The van der Waals surface area contributed by atoms with Crippen LogP contribution in [0, 0.1) is 5.82 Å². The standard InChI is InChI=1S/C12H16FN3O2/c1-2-5-15-11(17)7-16-12(18)8-3-4-9(13)10(14)6-8/h3-4,6H,2,5,7,14H2,1H3,(H,15,17)(H,16,18). The summed E-state index contributed by atoms with van der Waals surface area (Å²) in [6.07, 6.45) is 0.828. The molecule has 0 saturated carbocycles. The Morgan fingerprint density at radius 2 is 2.06 bits per heavy atom. The number of nitrogens with two attached hydrogens (primary N) is 1. The smallest absolute Gasteiger partial charge is 0.251 e. The van der Waals surface area contributed by atoms with Gasteiger partial charge in [-0.1, -0.05) is 6.92 Å². The van der Waals surface area contributed by atoms with Gasteiger partial charge in [-0.05, 0) is 24.6 Å². The molecule has 2 amide bonds. The first-order chi connectivity index (χ1) is 8.54. The summed E-state index contributed by atoms with van der Waals surface area (Å²) < 4.78 is 12.9. The van der Waals surface area contributed by atoms with Crippen molar-refractivity contribution >= 4 is 17.5 Å². The van der Waals surface area contributed by atoms with E-state index in [1.807, 2.05) is 6.92 Å². The number of nitrogen functional groups attached to an aromatic ring is 1. The maximum atomic E-state index is 12.9. The lowest BCUT2D eigenvalue weighted by molar-refractivity contribution is -0.120. The van der Waals surface area contributed by atoms with Gasteiger partial charge in [0.25, 0.3) is 5.91 Å². The number of carbonyl (C=O) groups excluding carboxylic acids is 2. The predicted octanol–water partition coefficient (Wildman–Crippen LogP) is 0.664. The van der Waals surface area contributed by atoms with Crippen molar-refractivity contribution in [2.24, 2.45) is 0 Å². The lowest BCUT2D eigenvalue weighted by Crippen LogP contribution is -2.37. The fourth-order valence-electron chi connectivity index (χ4n) is 1.27. The molecule has 5 nitrogen and oxygen atoms in total. The van der Waals surface area contributed by atoms with Gasteiger partial charge in [0.05, 0.1) is 12.2 Å². The quantitative estimate of drug-likeness (QED) is 0.674. The Balaban J connectivity index is 2.50. The Labute approximate surface area is 105 Å². The second kappa shape index (κ2) is 6.58. The van der Waals surface area contributed by atoms with E-state index >= 15 is 0 Å². The Morgan fingerprint density at radius 1 is 1.33 bits per heavy atom. The van der Waals surface area contributed by atoms with Crippen LogP contribution >= 0.6 is 0 Å². The molecule has 0 aliphatic carbocycles. The van der Waals surface area contributed by atoms with Gasteiger partial charge in [0.1, 0.15) is 5.82 Å². The highest BCUT2D eigenvalue weighted by Crippen LogP contribution is 2.11. The Hall–Kier alpha value is -2.11. The maximum Gasteiger partial charge on any atom is 0.251 e. The summed E-state index contributed by atoms with van der Waals surface area (Å²) in [5.41, 5.74) is 5.47. The minimum atomic E-state index is -0.577. The van der Waals surface area contributed by atoms with E-state index in [4.69, 9.17) is 5.73 Å². The van der Waals surface area contributed by atoms with E-state index in [0.717, 1.165) is 12.5 Å². The Morgan fingerprint density at radius 3 is 2.67 bits per heavy atom. The molecule has 0 spiro atoms. The van der Waals surface area contributed by atoms with Gasteiger partial charge in [-0.2, -0.15) is 0 Å². The van der Waals surface area contributed by atoms with Gasteiger partial charge in [-0.3, -0.25) is 9.59 Å². The van der Waals surface area contributed by atoms with Crippen LogP contribution in [0.15, 0.2) is 18.2 Å². The highest BCUT2D eigenvalue weighted by atomic mass is 19.1. The lowest BCUT2D eigenvalue weighted by Gasteiger charge is -2.06. The fraction of sp³-hybridized carbons (Fsp3) is 0.333. The average molecular weight is 253 g/mol. The molecule has 0 aliphatic rings. The molecular formula is C12H16FN3O2. The molecule has 0 atom stereocenters. The third-order valence-corrected chi connectivity index (χ3v) is 2.24. The summed E-state index contributed by atoms with van der Waals surface area (Å²) in [7, 11) is 0. The largest absolute Gasteiger partial charge is 0.396 e. The van der Waals surface area contributed by atoms with Crippen LogP contribution in [0.2, 0.25) is 0 Å². The number of rotatable bonds is 5. The summed E-state index contributed by atoms with van der Waals surface area (Å²) in [6.45, 7) is 2.38. The predicted molar refractivity (Wildman–Crippen MR) is 66.4 cm³/mol. The lowest BCUT2D eigenvalue weighted by atomic mass is 10.2. The number of hydrogen-bond acceptors (Lipinski definition) is 3. The number of carbonyl (C=O) groups is 2. The first kappa shape index (κ1) is 14.0. The van der Waals surface area contributed by atoms with Crippen LogP contribution < -0.4 is 16.4 Å². The molecule has 1 rings (SSSR count). The highest BCUT2D eigenvalue weighted by molar-refractivity contribution is 5.97. The molecule has 0 aromatic heterocycles. The monoisotopic (exact) mass is 253 g/mol. The zero-order chi connectivity index (χ0) is 13.5. The minimum absolute atomic E-state index is 0.0990.